The maximum atomic E-state index is 9.71. The van der Waals surface area contributed by atoms with Gasteiger partial charge in [-0.05, 0) is 45.2 Å². The monoisotopic (exact) mass is 212 g/mol. The van der Waals surface area contributed by atoms with Gasteiger partial charge in [0.2, 0.25) is 0 Å². The summed E-state index contributed by atoms with van der Waals surface area (Å²) in [6.07, 6.45) is 5.89. The van der Waals surface area contributed by atoms with Gasteiger partial charge in [0.15, 0.2) is 0 Å². The highest BCUT2D eigenvalue weighted by molar-refractivity contribution is 4.86. The van der Waals surface area contributed by atoms with E-state index < -0.39 is 0 Å². The zero-order chi connectivity index (χ0) is 10.7. The molecule has 0 aromatic rings. The van der Waals surface area contributed by atoms with E-state index in [9.17, 15) is 5.11 Å². The SMILES string of the molecule is CCN1CCCC1CN[C@H]1CCC[C@@H]1O. The zero-order valence-electron chi connectivity index (χ0n) is 9.78. The molecule has 2 N–H and O–H groups in total. The van der Waals surface area contributed by atoms with Crippen LogP contribution >= 0.6 is 0 Å². The molecule has 0 amide bonds. The van der Waals surface area contributed by atoms with E-state index in [4.69, 9.17) is 0 Å². The summed E-state index contributed by atoms with van der Waals surface area (Å²) >= 11 is 0. The number of nitrogens with one attached hydrogen (secondary N) is 1. The summed E-state index contributed by atoms with van der Waals surface area (Å²) in [6.45, 7) is 5.73. The van der Waals surface area contributed by atoms with Crippen LogP contribution in [0, 0.1) is 0 Å². The fourth-order valence-corrected chi connectivity index (χ4v) is 3.01. The minimum absolute atomic E-state index is 0.0959. The molecule has 0 aromatic heterocycles. The lowest BCUT2D eigenvalue weighted by molar-refractivity contribution is 0.143. The normalized spacial score (nSPS) is 37.6. The molecule has 3 nitrogen and oxygen atoms in total. The molecule has 2 rings (SSSR count). The largest absolute Gasteiger partial charge is 0.392 e. The molecule has 88 valence electrons. The first kappa shape index (κ1) is 11.4. The number of aliphatic hydroxyl groups is 1. The molecule has 0 aromatic carbocycles. The lowest BCUT2D eigenvalue weighted by atomic mass is 10.1. The van der Waals surface area contributed by atoms with Crippen LogP contribution in [0.15, 0.2) is 0 Å². The summed E-state index contributed by atoms with van der Waals surface area (Å²) in [7, 11) is 0. The van der Waals surface area contributed by atoms with Crippen molar-refractivity contribution in [1.29, 1.82) is 0 Å². The molecule has 1 aliphatic heterocycles. The predicted octanol–water partition coefficient (Wildman–Crippen LogP) is 0.974. The second-order valence-electron chi connectivity index (χ2n) is 4.94. The Kier molecular flexibility index (Phi) is 4.00. The molecule has 1 heterocycles. The molecule has 3 heteroatoms. The van der Waals surface area contributed by atoms with Gasteiger partial charge in [0.1, 0.15) is 0 Å². The van der Waals surface area contributed by atoms with Crippen molar-refractivity contribution in [3.05, 3.63) is 0 Å². The molecule has 3 atom stereocenters. The standard InChI is InChI=1S/C12H24N2O/c1-2-14-8-4-5-10(14)9-13-11-6-3-7-12(11)15/h10-13,15H,2-9H2,1H3/t10?,11-,12-/m0/s1. The Morgan fingerprint density at radius 3 is 2.80 bits per heavy atom. The van der Waals surface area contributed by atoms with Gasteiger partial charge in [-0.3, -0.25) is 4.90 Å². The van der Waals surface area contributed by atoms with Gasteiger partial charge in [-0.1, -0.05) is 6.92 Å². The molecule has 0 bridgehead atoms. The van der Waals surface area contributed by atoms with E-state index in [0.717, 1.165) is 19.4 Å². The summed E-state index contributed by atoms with van der Waals surface area (Å²) in [4.78, 5) is 2.55. The van der Waals surface area contributed by atoms with Crippen LogP contribution in [0.4, 0.5) is 0 Å². The Morgan fingerprint density at radius 1 is 1.27 bits per heavy atom. The summed E-state index contributed by atoms with van der Waals surface area (Å²) in [6, 6.07) is 1.08. The number of aliphatic hydroxyl groups excluding tert-OH is 1. The number of likely N-dealkylation sites (tertiary alicyclic amines) is 1. The van der Waals surface area contributed by atoms with E-state index in [1.165, 1.54) is 32.4 Å². The maximum absolute atomic E-state index is 9.71. The molecule has 0 spiro atoms. The van der Waals surface area contributed by atoms with E-state index in [0.29, 0.717) is 12.1 Å². The van der Waals surface area contributed by atoms with Crippen molar-refractivity contribution in [1.82, 2.24) is 10.2 Å². The van der Waals surface area contributed by atoms with Gasteiger partial charge in [-0.25, -0.2) is 0 Å². The van der Waals surface area contributed by atoms with Crippen LogP contribution in [-0.4, -0.2) is 47.8 Å². The van der Waals surface area contributed by atoms with Crippen molar-refractivity contribution in [2.24, 2.45) is 0 Å². The van der Waals surface area contributed by atoms with E-state index in [2.05, 4.69) is 17.1 Å². The van der Waals surface area contributed by atoms with E-state index in [1.807, 2.05) is 0 Å². The van der Waals surface area contributed by atoms with Crippen molar-refractivity contribution in [3.63, 3.8) is 0 Å². The van der Waals surface area contributed by atoms with Crippen molar-refractivity contribution >= 4 is 0 Å². The Labute approximate surface area is 92.8 Å². The molecule has 15 heavy (non-hydrogen) atoms. The van der Waals surface area contributed by atoms with E-state index in [1.54, 1.807) is 0 Å². The molecule has 2 aliphatic rings. The lowest BCUT2D eigenvalue weighted by Gasteiger charge is -2.25. The number of rotatable bonds is 4. The third-order valence-corrected chi connectivity index (χ3v) is 4.00. The molecule has 2 fully saturated rings. The van der Waals surface area contributed by atoms with Gasteiger partial charge in [0, 0.05) is 18.6 Å². The number of hydrogen-bond acceptors (Lipinski definition) is 3. The zero-order valence-corrected chi connectivity index (χ0v) is 9.78. The highest BCUT2D eigenvalue weighted by Crippen LogP contribution is 2.20. The van der Waals surface area contributed by atoms with Gasteiger partial charge in [-0.2, -0.15) is 0 Å². The minimum Gasteiger partial charge on any atom is -0.392 e. The average molecular weight is 212 g/mol. The third-order valence-electron chi connectivity index (χ3n) is 4.00. The van der Waals surface area contributed by atoms with Crippen LogP contribution in [0.1, 0.15) is 39.0 Å². The smallest absolute Gasteiger partial charge is 0.0693 e. The van der Waals surface area contributed by atoms with Crippen LogP contribution in [0.3, 0.4) is 0 Å². The topological polar surface area (TPSA) is 35.5 Å². The summed E-state index contributed by atoms with van der Waals surface area (Å²) in [5, 5.41) is 13.3. The minimum atomic E-state index is -0.0959. The highest BCUT2D eigenvalue weighted by atomic mass is 16.3. The van der Waals surface area contributed by atoms with Crippen molar-refractivity contribution < 1.29 is 5.11 Å². The number of hydrogen-bond donors (Lipinski definition) is 2. The highest BCUT2D eigenvalue weighted by Gasteiger charge is 2.28. The van der Waals surface area contributed by atoms with Gasteiger partial charge < -0.3 is 10.4 Å². The van der Waals surface area contributed by atoms with Gasteiger partial charge in [0.25, 0.3) is 0 Å². The molecule has 1 saturated heterocycles. The Bertz CT molecular complexity index is 198. The summed E-state index contributed by atoms with van der Waals surface area (Å²) in [5.41, 5.74) is 0. The first-order valence-corrected chi connectivity index (χ1v) is 6.46. The van der Waals surface area contributed by atoms with Gasteiger partial charge in [0.05, 0.1) is 6.10 Å². The summed E-state index contributed by atoms with van der Waals surface area (Å²) < 4.78 is 0. The quantitative estimate of drug-likeness (QED) is 0.729. The Balaban J connectivity index is 1.72. The fraction of sp³-hybridized carbons (Fsp3) is 1.00. The fourth-order valence-electron chi connectivity index (χ4n) is 3.01. The maximum Gasteiger partial charge on any atom is 0.0693 e. The van der Waals surface area contributed by atoms with Crippen LogP contribution in [0.5, 0.6) is 0 Å². The Morgan fingerprint density at radius 2 is 2.13 bits per heavy atom. The third kappa shape index (κ3) is 2.71. The first-order valence-electron chi connectivity index (χ1n) is 6.46. The summed E-state index contributed by atoms with van der Waals surface area (Å²) in [5.74, 6) is 0. The Hall–Kier alpha value is -0.120. The number of nitrogens with zero attached hydrogens (tertiary/aromatic N) is 1. The lowest BCUT2D eigenvalue weighted by Crippen LogP contribution is -2.44. The van der Waals surface area contributed by atoms with Crippen molar-refractivity contribution in [3.8, 4) is 0 Å². The molecule has 1 unspecified atom stereocenters. The molecular formula is C12H24N2O. The molecule has 1 saturated carbocycles. The predicted molar refractivity (Wildman–Crippen MR) is 61.9 cm³/mol. The number of likely N-dealkylation sites (N-methyl/N-ethyl adjacent to an activating group) is 1. The molecule has 0 radical (unpaired) electrons. The van der Waals surface area contributed by atoms with Crippen LogP contribution < -0.4 is 5.32 Å². The average Bonchev–Trinajstić information content (AvgIpc) is 2.83. The second-order valence-corrected chi connectivity index (χ2v) is 4.94. The van der Waals surface area contributed by atoms with Gasteiger partial charge >= 0.3 is 0 Å². The van der Waals surface area contributed by atoms with Crippen LogP contribution in [-0.2, 0) is 0 Å². The van der Waals surface area contributed by atoms with Crippen molar-refractivity contribution in [2.75, 3.05) is 19.6 Å². The second kappa shape index (κ2) is 5.28. The van der Waals surface area contributed by atoms with E-state index in [-0.39, 0.29) is 6.10 Å². The van der Waals surface area contributed by atoms with Gasteiger partial charge in [-0.15, -0.1) is 0 Å². The van der Waals surface area contributed by atoms with Crippen LogP contribution in [0.2, 0.25) is 0 Å². The van der Waals surface area contributed by atoms with Crippen LogP contribution in [0.25, 0.3) is 0 Å². The molecule has 1 aliphatic carbocycles. The van der Waals surface area contributed by atoms with E-state index >= 15 is 0 Å². The first-order chi connectivity index (χ1) is 7.31. The molecular weight excluding hydrogens is 188 g/mol. The van der Waals surface area contributed by atoms with Crippen molar-refractivity contribution in [2.45, 2.75) is 57.2 Å².